The number of carbonyl (C=O) groups is 2. The minimum absolute atomic E-state index is 0.0506. The van der Waals surface area contributed by atoms with E-state index in [0.717, 1.165) is 28.9 Å². The van der Waals surface area contributed by atoms with Gasteiger partial charge in [0.05, 0.1) is 18.3 Å². The summed E-state index contributed by atoms with van der Waals surface area (Å²) in [6.07, 6.45) is 2.88. The van der Waals surface area contributed by atoms with E-state index in [-0.39, 0.29) is 18.0 Å². The van der Waals surface area contributed by atoms with Crippen LogP contribution < -0.4 is 16.0 Å². The number of benzene rings is 1. The van der Waals surface area contributed by atoms with Crippen molar-refractivity contribution in [2.75, 3.05) is 5.32 Å². The van der Waals surface area contributed by atoms with E-state index in [1.165, 1.54) is 0 Å². The van der Waals surface area contributed by atoms with Crippen LogP contribution in [0.3, 0.4) is 0 Å². The van der Waals surface area contributed by atoms with Gasteiger partial charge in [0.1, 0.15) is 0 Å². The number of fused-ring (bicyclic) bond motifs is 1. The van der Waals surface area contributed by atoms with Gasteiger partial charge in [-0.3, -0.25) is 9.89 Å². The lowest BCUT2D eigenvalue weighted by Crippen LogP contribution is -2.36. The molecule has 0 aliphatic carbocycles. The maximum absolute atomic E-state index is 11.9. The van der Waals surface area contributed by atoms with Crippen molar-refractivity contribution in [3.63, 3.8) is 0 Å². The highest BCUT2D eigenvalue weighted by Crippen LogP contribution is 2.26. The lowest BCUT2D eigenvalue weighted by atomic mass is 9.98. The van der Waals surface area contributed by atoms with Crippen LogP contribution in [-0.4, -0.2) is 22.1 Å². The molecular formula is C16H19N5O2. The molecule has 1 aliphatic heterocycles. The largest absolute Gasteiger partial charge is 0.333 e. The Balaban J connectivity index is 1.58. The quantitative estimate of drug-likeness (QED) is 0.693. The summed E-state index contributed by atoms with van der Waals surface area (Å²) in [5, 5.41) is 15.1. The molecule has 0 radical (unpaired) electrons. The van der Waals surface area contributed by atoms with Crippen molar-refractivity contribution in [1.29, 1.82) is 0 Å². The van der Waals surface area contributed by atoms with Crippen molar-refractivity contribution < 1.29 is 9.59 Å². The van der Waals surface area contributed by atoms with E-state index in [1.54, 1.807) is 6.20 Å². The Bertz CT molecular complexity index is 711. The second-order valence-corrected chi connectivity index (χ2v) is 5.60. The summed E-state index contributed by atoms with van der Waals surface area (Å²) >= 11 is 0. The Morgan fingerprint density at radius 1 is 1.35 bits per heavy atom. The topological polar surface area (TPSA) is 98.9 Å². The van der Waals surface area contributed by atoms with Crippen LogP contribution in [0.4, 0.5) is 10.5 Å². The van der Waals surface area contributed by atoms with Gasteiger partial charge in [-0.05, 0) is 36.6 Å². The average Bonchev–Trinajstić information content (AvgIpc) is 3.05. The highest BCUT2D eigenvalue weighted by Gasteiger charge is 2.17. The Labute approximate surface area is 133 Å². The van der Waals surface area contributed by atoms with Crippen LogP contribution in [0.15, 0.2) is 30.5 Å². The Morgan fingerprint density at radius 3 is 3.00 bits per heavy atom. The number of urea groups is 1. The van der Waals surface area contributed by atoms with Gasteiger partial charge in [0.15, 0.2) is 0 Å². The lowest BCUT2D eigenvalue weighted by Gasteiger charge is -2.20. The van der Waals surface area contributed by atoms with E-state index in [9.17, 15) is 9.59 Å². The molecule has 0 spiro atoms. The van der Waals surface area contributed by atoms with Gasteiger partial charge < -0.3 is 16.0 Å². The minimum atomic E-state index is -0.238. The minimum Gasteiger partial charge on any atom is -0.333 e. The first-order valence-corrected chi connectivity index (χ1v) is 7.57. The zero-order valence-electron chi connectivity index (χ0n) is 12.8. The zero-order valence-corrected chi connectivity index (χ0v) is 12.8. The first-order valence-electron chi connectivity index (χ1n) is 7.57. The van der Waals surface area contributed by atoms with Gasteiger partial charge in [-0.1, -0.05) is 12.1 Å². The van der Waals surface area contributed by atoms with Gasteiger partial charge in [0, 0.05) is 18.3 Å². The SMILES string of the molecule is CC(NC(=O)NCc1ccn[nH]1)c1ccc2c(c1)CCC(=O)N2. The van der Waals surface area contributed by atoms with E-state index in [4.69, 9.17) is 0 Å². The lowest BCUT2D eigenvalue weighted by molar-refractivity contribution is -0.116. The first-order chi connectivity index (χ1) is 11.1. The summed E-state index contributed by atoms with van der Waals surface area (Å²) < 4.78 is 0. The first kappa shape index (κ1) is 15.1. The third kappa shape index (κ3) is 3.68. The Kier molecular flexibility index (Phi) is 4.27. The van der Waals surface area contributed by atoms with Crippen molar-refractivity contribution in [1.82, 2.24) is 20.8 Å². The normalized spacial score (nSPS) is 14.6. The standard InChI is InChI=1S/C16H19N5O2/c1-10(19-16(23)17-9-13-6-7-18-21-13)11-2-4-14-12(8-11)3-5-15(22)20-14/h2,4,6-8,10H,3,5,9H2,1H3,(H,18,21)(H,20,22)(H2,17,19,23). The third-order valence-electron chi connectivity index (χ3n) is 3.87. The molecule has 3 rings (SSSR count). The van der Waals surface area contributed by atoms with Crippen molar-refractivity contribution in [3.05, 3.63) is 47.3 Å². The second-order valence-electron chi connectivity index (χ2n) is 5.60. The van der Waals surface area contributed by atoms with E-state index >= 15 is 0 Å². The zero-order chi connectivity index (χ0) is 16.2. The van der Waals surface area contributed by atoms with Crippen LogP contribution in [0, 0.1) is 0 Å². The molecule has 1 aromatic carbocycles. The number of hydrogen-bond donors (Lipinski definition) is 4. The molecule has 1 unspecified atom stereocenters. The predicted octanol–water partition coefficient (Wildman–Crippen LogP) is 1.85. The number of aromatic amines is 1. The fourth-order valence-electron chi connectivity index (χ4n) is 2.56. The van der Waals surface area contributed by atoms with E-state index < -0.39 is 0 Å². The molecule has 4 N–H and O–H groups in total. The van der Waals surface area contributed by atoms with Crippen molar-refractivity contribution in [3.8, 4) is 0 Å². The number of anilines is 1. The van der Waals surface area contributed by atoms with Crippen LogP contribution in [-0.2, 0) is 17.8 Å². The van der Waals surface area contributed by atoms with Crippen LogP contribution in [0.1, 0.15) is 36.2 Å². The number of rotatable bonds is 4. The van der Waals surface area contributed by atoms with Gasteiger partial charge in [-0.15, -0.1) is 0 Å². The summed E-state index contributed by atoms with van der Waals surface area (Å²) in [4.78, 5) is 23.3. The molecule has 120 valence electrons. The number of hydrogen-bond acceptors (Lipinski definition) is 3. The highest BCUT2D eigenvalue weighted by atomic mass is 16.2. The maximum atomic E-state index is 11.9. The number of aromatic nitrogens is 2. The summed E-state index contributed by atoms with van der Waals surface area (Å²) in [7, 11) is 0. The number of aryl methyl sites for hydroxylation is 1. The Hall–Kier alpha value is -2.83. The monoisotopic (exact) mass is 313 g/mol. The molecule has 3 amide bonds. The predicted molar refractivity (Wildman–Crippen MR) is 85.8 cm³/mol. The molecule has 2 aromatic rings. The molecule has 0 fully saturated rings. The van der Waals surface area contributed by atoms with Crippen LogP contribution in [0.25, 0.3) is 0 Å². The average molecular weight is 313 g/mol. The van der Waals surface area contributed by atoms with E-state index in [1.807, 2.05) is 31.2 Å². The fourth-order valence-corrected chi connectivity index (χ4v) is 2.56. The van der Waals surface area contributed by atoms with Gasteiger partial charge >= 0.3 is 6.03 Å². The van der Waals surface area contributed by atoms with E-state index in [2.05, 4.69) is 26.1 Å². The molecule has 2 heterocycles. The molecule has 7 nitrogen and oxygen atoms in total. The Morgan fingerprint density at radius 2 is 2.22 bits per heavy atom. The smallest absolute Gasteiger partial charge is 0.315 e. The van der Waals surface area contributed by atoms with E-state index in [0.29, 0.717) is 13.0 Å². The van der Waals surface area contributed by atoms with Gasteiger partial charge in [-0.25, -0.2) is 4.79 Å². The molecule has 0 bridgehead atoms. The van der Waals surface area contributed by atoms with Crippen molar-refractivity contribution in [2.24, 2.45) is 0 Å². The van der Waals surface area contributed by atoms with Gasteiger partial charge in [0.25, 0.3) is 0 Å². The van der Waals surface area contributed by atoms with Gasteiger partial charge in [0.2, 0.25) is 5.91 Å². The van der Waals surface area contributed by atoms with Crippen LogP contribution in [0.2, 0.25) is 0 Å². The van der Waals surface area contributed by atoms with Crippen LogP contribution >= 0.6 is 0 Å². The number of H-pyrrole nitrogens is 1. The van der Waals surface area contributed by atoms with Crippen molar-refractivity contribution in [2.45, 2.75) is 32.4 Å². The summed E-state index contributed by atoms with van der Waals surface area (Å²) in [5.74, 6) is 0.0506. The number of nitrogens with zero attached hydrogens (tertiary/aromatic N) is 1. The molecule has 1 aliphatic rings. The molecular weight excluding hydrogens is 294 g/mol. The van der Waals surface area contributed by atoms with Crippen LogP contribution in [0.5, 0.6) is 0 Å². The molecule has 1 aromatic heterocycles. The summed E-state index contributed by atoms with van der Waals surface area (Å²) in [5.41, 5.74) is 3.82. The second kappa shape index (κ2) is 6.51. The third-order valence-corrected chi connectivity index (χ3v) is 3.87. The number of amides is 3. The molecule has 23 heavy (non-hydrogen) atoms. The summed E-state index contributed by atoms with van der Waals surface area (Å²) in [6.45, 7) is 2.33. The molecule has 7 heteroatoms. The molecule has 0 saturated heterocycles. The van der Waals surface area contributed by atoms with Gasteiger partial charge in [-0.2, -0.15) is 5.10 Å². The number of nitrogens with one attached hydrogen (secondary N) is 4. The fraction of sp³-hybridized carbons (Fsp3) is 0.312. The summed E-state index contributed by atoms with van der Waals surface area (Å²) in [6, 6.07) is 7.29. The van der Waals surface area contributed by atoms with Crippen molar-refractivity contribution >= 4 is 17.6 Å². The molecule has 0 saturated carbocycles. The highest BCUT2D eigenvalue weighted by molar-refractivity contribution is 5.93. The number of carbonyl (C=O) groups excluding carboxylic acids is 2. The molecule has 1 atom stereocenters. The maximum Gasteiger partial charge on any atom is 0.315 e.